The summed E-state index contributed by atoms with van der Waals surface area (Å²) in [6.07, 6.45) is 0. The van der Waals surface area contributed by atoms with Crippen LogP contribution in [0.15, 0.2) is 71.8 Å². The van der Waals surface area contributed by atoms with Gasteiger partial charge in [-0.25, -0.2) is 8.78 Å². The van der Waals surface area contributed by atoms with Gasteiger partial charge in [-0.15, -0.1) is 0 Å². The Kier molecular flexibility index (Phi) is 6.09. The Morgan fingerprint density at radius 2 is 0.900 bits per heavy atom. The van der Waals surface area contributed by atoms with Gasteiger partial charge in [0.05, 0.1) is 11.1 Å². The Morgan fingerprint density at radius 3 is 1.25 bits per heavy atom. The van der Waals surface area contributed by atoms with Crippen LogP contribution in [0.3, 0.4) is 0 Å². The first-order valence-corrected chi connectivity index (χ1v) is 11.5. The van der Waals surface area contributed by atoms with Crippen molar-refractivity contribution in [2.75, 3.05) is 0 Å². The zero-order valence-corrected chi connectivity index (χ0v) is 20.2. The molecule has 0 aromatic heterocycles. The Morgan fingerprint density at radius 1 is 0.500 bits per heavy atom. The molecule has 182 valence electrons. The van der Waals surface area contributed by atoms with Crippen LogP contribution in [0, 0.1) is 79.6 Å². The van der Waals surface area contributed by atoms with Gasteiger partial charge in [-0.05, 0) is 52.6 Å². The van der Waals surface area contributed by atoms with Crippen LogP contribution in [0.25, 0.3) is 33.4 Å². The van der Waals surface area contributed by atoms with E-state index in [0.717, 1.165) is 12.1 Å². The van der Waals surface area contributed by atoms with Crippen molar-refractivity contribution in [3.63, 3.8) is 0 Å². The molecule has 0 bridgehead atoms. The highest BCUT2D eigenvalue weighted by atomic mass is 19.1. The molecule has 0 spiro atoms. The second-order valence-corrected chi connectivity index (χ2v) is 8.63. The van der Waals surface area contributed by atoms with E-state index in [-0.39, 0.29) is 55.7 Å². The number of hydrogen-bond acceptors (Lipinski definition) is 6. The predicted octanol–water partition coefficient (Wildman–Crippen LogP) is 6.46. The van der Waals surface area contributed by atoms with E-state index in [1.165, 1.54) is 24.3 Å². The van der Waals surface area contributed by atoms with Crippen molar-refractivity contribution in [1.82, 2.24) is 0 Å². The molecule has 0 radical (unpaired) electrons. The summed E-state index contributed by atoms with van der Waals surface area (Å²) in [5.41, 5.74) is 2.13. The van der Waals surface area contributed by atoms with Crippen molar-refractivity contribution < 1.29 is 8.78 Å². The molecule has 0 unspecified atom stereocenters. The number of nitrogens with zero attached hydrogens (tertiary/aromatic N) is 6. The van der Waals surface area contributed by atoms with Gasteiger partial charge in [0, 0.05) is 33.4 Å². The molecule has 0 N–H and O–H groups in total. The molecule has 8 heteroatoms. The predicted molar refractivity (Wildman–Crippen MR) is 140 cm³/mol. The molecule has 0 fully saturated rings. The Bertz CT molecular complexity index is 1910. The largest absolute Gasteiger partial charge is 0.207 e. The van der Waals surface area contributed by atoms with Gasteiger partial charge in [0.2, 0.25) is 0 Å². The molecule has 5 rings (SSSR count). The first kappa shape index (κ1) is 25.1. The SMILES string of the molecule is N#CC(C#N)=C1C(c2cccc(C3=C(C#N)c4cc(F)ccc4C3=C(C#N)C#N)c2)=C(C#N)c2cc(F)ccc21. The molecule has 0 saturated carbocycles. The third kappa shape index (κ3) is 3.64. The topological polar surface area (TPSA) is 143 Å². The van der Waals surface area contributed by atoms with Crippen molar-refractivity contribution in [1.29, 1.82) is 31.6 Å². The van der Waals surface area contributed by atoms with Crippen LogP contribution in [0.4, 0.5) is 8.78 Å². The lowest BCUT2D eigenvalue weighted by Gasteiger charge is -2.13. The summed E-state index contributed by atoms with van der Waals surface area (Å²) in [7, 11) is 0. The van der Waals surface area contributed by atoms with Crippen molar-refractivity contribution in [2.24, 2.45) is 0 Å². The van der Waals surface area contributed by atoms with E-state index >= 15 is 0 Å². The van der Waals surface area contributed by atoms with Gasteiger partial charge < -0.3 is 0 Å². The van der Waals surface area contributed by atoms with Gasteiger partial charge in [-0.3, -0.25) is 0 Å². The van der Waals surface area contributed by atoms with Gasteiger partial charge in [0.1, 0.15) is 59.2 Å². The minimum atomic E-state index is -0.605. The van der Waals surface area contributed by atoms with Gasteiger partial charge in [-0.2, -0.15) is 31.6 Å². The van der Waals surface area contributed by atoms with E-state index in [4.69, 9.17) is 0 Å². The third-order valence-corrected chi connectivity index (χ3v) is 6.65. The Hall–Kier alpha value is -6.58. The Labute approximate surface area is 227 Å². The maximum Gasteiger partial charge on any atom is 0.138 e. The lowest BCUT2D eigenvalue weighted by Crippen LogP contribution is -1.95. The average molecular weight is 516 g/mol. The van der Waals surface area contributed by atoms with Gasteiger partial charge >= 0.3 is 0 Å². The molecular weight excluding hydrogens is 506 g/mol. The zero-order valence-electron chi connectivity index (χ0n) is 20.2. The third-order valence-electron chi connectivity index (χ3n) is 6.65. The number of nitriles is 6. The summed E-state index contributed by atoms with van der Waals surface area (Å²) >= 11 is 0. The maximum atomic E-state index is 14.2. The first-order valence-electron chi connectivity index (χ1n) is 11.5. The molecule has 0 saturated heterocycles. The normalized spacial score (nSPS) is 12.8. The lowest BCUT2D eigenvalue weighted by molar-refractivity contribution is 0.627. The molecule has 40 heavy (non-hydrogen) atoms. The molecule has 0 atom stereocenters. The maximum absolute atomic E-state index is 14.2. The minimum absolute atomic E-state index is 0.0430. The van der Waals surface area contributed by atoms with Crippen LogP contribution in [-0.4, -0.2) is 0 Å². The molecule has 2 aliphatic rings. The van der Waals surface area contributed by atoms with Crippen molar-refractivity contribution in [2.45, 2.75) is 0 Å². The fourth-order valence-electron chi connectivity index (χ4n) is 5.10. The van der Waals surface area contributed by atoms with Crippen LogP contribution < -0.4 is 0 Å². The Balaban J connectivity index is 1.85. The van der Waals surface area contributed by atoms with E-state index in [9.17, 15) is 40.4 Å². The number of fused-ring (bicyclic) bond motifs is 2. The van der Waals surface area contributed by atoms with Crippen molar-refractivity contribution in [3.8, 4) is 36.4 Å². The summed E-state index contributed by atoms with van der Waals surface area (Å²) < 4.78 is 28.4. The fourth-order valence-corrected chi connectivity index (χ4v) is 5.10. The molecule has 6 nitrogen and oxygen atoms in total. The van der Waals surface area contributed by atoms with Gasteiger partial charge in [0.15, 0.2) is 0 Å². The average Bonchev–Trinajstić information content (AvgIpc) is 3.46. The van der Waals surface area contributed by atoms with Crippen LogP contribution in [0.2, 0.25) is 0 Å². The highest BCUT2D eigenvalue weighted by molar-refractivity contribution is 6.28. The number of rotatable bonds is 2. The highest BCUT2D eigenvalue weighted by Gasteiger charge is 2.33. The number of benzene rings is 3. The fraction of sp³-hybridized carbons (Fsp3) is 0. The second-order valence-electron chi connectivity index (χ2n) is 8.63. The standard InChI is InChI=1S/C32H10F2N6/c33-21-4-6-23-25(9-21)27(15-39)29(31(23)19(11-35)12-36)17-2-1-3-18(8-17)30-28(16-40)26-10-22(34)5-7-24(26)32(30)20(13-37)14-38/h1-10H. The molecule has 0 amide bonds. The number of halogens is 2. The number of hydrogen-bond donors (Lipinski definition) is 0. The summed E-state index contributed by atoms with van der Waals surface area (Å²) in [5, 5.41) is 59.0. The van der Waals surface area contributed by atoms with E-state index in [1.54, 1.807) is 24.3 Å². The van der Waals surface area contributed by atoms with Gasteiger partial charge in [-0.1, -0.05) is 30.3 Å². The second kappa shape index (κ2) is 9.71. The van der Waals surface area contributed by atoms with Crippen LogP contribution in [0.1, 0.15) is 33.4 Å². The zero-order chi connectivity index (χ0) is 28.6. The van der Waals surface area contributed by atoms with Crippen LogP contribution >= 0.6 is 0 Å². The van der Waals surface area contributed by atoms with Crippen molar-refractivity contribution >= 4 is 33.4 Å². The quantitative estimate of drug-likeness (QED) is 0.358. The number of allylic oxidation sites excluding steroid dienone is 8. The van der Waals surface area contributed by atoms with Gasteiger partial charge in [0.25, 0.3) is 0 Å². The molecular formula is C32H10F2N6. The molecule has 0 aliphatic heterocycles. The molecule has 0 heterocycles. The summed E-state index contributed by atoms with van der Waals surface area (Å²) in [4.78, 5) is 0. The first-order chi connectivity index (χ1) is 19.4. The lowest BCUT2D eigenvalue weighted by atomic mass is 9.88. The van der Waals surface area contributed by atoms with Crippen molar-refractivity contribution in [3.05, 3.63) is 117 Å². The summed E-state index contributed by atoms with van der Waals surface area (Å²) in [5.74, 6) is -1.21. The van der Waals surface area contributed by atoms with Crippen LogP contribution in [-0.2, 0) is 0 Å². The van der Waals surface area contributed by atoms with Crippen LogP contribution in [0.5, 0.6) is 0 Å². The minimum Gasteiger partial charge on any atom is -0.207 e. The molecule has 3 aromatic rings. The molecule has 3 aromatic carbocycles. The smallest absolute Gasteiger partial charge is 0.138 e. The summed E-state index contributed by atoms with van der Waals surface area (Å²) in [6.45, 7) is 0. The molecule has 2 aliphatic carbocycles. The summed E-state index contributed by atoms with van der Waals surface area (Å²) in [6, 6.07) is 25.4. The monoisotopic (exact) mass is 516 g/mol. The van der Waals surface area contributed by atoms with E-state index in [2.05, 4.69) is 12.1 Å². The van der Waals surface area contributed by atoms with E-state index in [1.807, 2.05) is 24.3 Å². The highest BCUT2D eigenvalue weighted by Crippen LogP contribution is 2.51. The van der Waals surface area contributed by atoms with E-state index < -0.39 is 11.6 Å². The van der Waals surface area contributed by atoms with E-state index in [0.29, 0.717) is 22.3 Å².